The lowest BCUT2D eigenvalue weighted by atomic mass is 10.8. The van der Waals surface area contributed by atoms with Crippen molar-refractivity contribution in [3.8, 4) is 0 Å². The van der Waals surface area contributed by atoms with Gasteiger partial charge in [0.1, 0.15) is 0 Å². The topological polar surface area (TPSA) is 37.4 Å². The summed E-state index contributed by atoms with van der Waals surface area (Å²) in [6.07, 6.45) is 1.88. The Morgan fingerprint density at radius 3 is 1.71 bits per heavy atom. The van der Waals surface area contributed by atoms with E-state index in [0.29, 0.717) is 12.8 Å². The first-order chi connectivity index (χ1) is 3.35. The van der Waals surface area contributed by atoms with Gasteiger partial charge in [0.15, 0.2) is 0 Å². The molecule has 38 valence electrons. The van der Waals surface area contributed by atoms with Gasteiger partial charge in [-0.2, -0.15) is 0 Å². The monoisotopic (exact) mass is 99.0 g/mol. The highest BCUT2D eigenvalue weighted by Crippen LogP contribution is 1.69. The molecule has 0 aromatic rings. The highest BCUT2D eigenvalue weighted by atomic mass is 16.2. The number of hydrogen-bond donors (Lipinski definition) is 0. The van der Waals surface area contributed by atoms with Crippen LogP contribution in [0.3, 0.4) is 0 Å². The Hall–Kier alpha value is -1.12. The van der Waals surface area contributed by atoms with Gasteiger partial charge in [-0.1, -0.05) is 6.58 Å². The average molecular weight is 99.1 g/mol. The summed E-state index contributed by atoms with van der Waals surface area (Å²) in [4.78, 5) is 20.0. The summed E-state index contributed by atoms with van der Waals surface area (Å²) in [6.45, 7) is 3.17. The van der Waals surface area contributed by atoms with E-state index < -0.39 is 0 Å². The van der Waals surface area contributed by atoms with E-state index in [1.54, 1.807) is 0 Å². The molecule has 3 nitrogen and oxygen atoms in total. The number of hydrogen-bond acceptors (Lipinski definition) is 2. The van der Waals surface area contributed by atoms with Gasteiger partial charge in [0.25, 0.3) is 0 Å². The van der Waals surface area contributed by atoms with Gasteiger partial charge in [-0.25, -0.2) is 0 Å². The van der Waals surface area contributed by atoms with Crippen LogP contribution in [0.1, 0.15) is 0 Å². The van der Waals surface area contributed by atoms with Gasteiger partial charge < -0.3 is 0 Å². The maximum Gasteiger partial charge on any atom is 0.220 e. The van der Waals surface area contributed by atoms with Gasteiger partial charge in [0.2, 0.25) is 12.8 Å². The van der Waals surface area contributed by atoms with Crippen LogP contribution < -0.4 is 0 Å². The summed E-state index contributed by atoms with van der Waals surface area (Å²) in [5.41, 5.74) is 0. The molecule has 2 amide bonds. The first-order valence-electron chi connectivity index (χ1n) is 1.65. The lowest BCUT2D eigenvalue weighted by Crippen LogP contribution is -2.09. The third kappa shape index (κ3) is 1.70. The predicted octanol–water partition coefficient (Wildman–Crippen LogP) is -0.255. The van der Waals surface area contributed by atoms with Crippen LogP contribution in [-0.2, 0) is 9.59 Å². The smallest absolute Gasteiger partial charge is 0.220 e. The predicted molar refractivity (Wildman–Crippen MR) is 24.2 cm³/mol. The van der Waals surface area contributed by atoms with Gasteiger partial charge in [-0.05, 0) is 0 Å². The van der Waals surface area contributed by atoms with Crippen molar-refractivity contribution in [3.63, 3.8) is 0 Å². The van der Waals surface area contributed by atoms with Gasteiger partial charge in [-0.15, -0.1) is 0 Å². The molecule has 0 aromatic carbocycles. The second-order valence-electron chi connectivity index (χ2n) is 0.841. The molecule has 0 saturated heterocycles. The van der Waals surface area contributed by atoms with E-state index in [4.69, 9.17) is 0 Å². The maximum atomic E-state index is 9.59. The first kappa shape index (κ1) is 5.88. The number of carbonyl (C=O) groups excluding carboxylic acids is 2. The Balaban J connectivity index is 3.57. The molecule has 0 aliphatic heterocycles. The minimum Gasteiger partial charge on any atom is -0.278 e. The van der Waals surface area contributed by atoms with Crippen LogP contribution >= 0.6 is 0 Å². The van der Waals surface area contributed by atoms with Crippen molar-refractivity contribution >= 4 is 12.8 Å². The molecule has 0 atom stereocenters. The zero-order valence-electron chi connectivity index (χ0n) is 3.70. The standard InChI is InChI=1S/C4H5NO2/c1-2-5(3-6)4-7/h2-4H,1H2. The quantitative estimate of drug-likeness (QED) is 0.457. The highest BCUT2D eigenvalue weighted by Gasteiger charge is 1.83. The van der Waals surface area contributed by atoms with Gasteiger partial charge >= 0.3 is 0 Å². The Kier molecular flexibility index (Phi) is 2.59. The third-order valence-corrected chi connectivity index (χ3v) is 0.454. The van der Waals surface area contributed by atoms with Crippen molar-refractivity contribution in [2.75, 3.05) is 0 Å². The summed E-state index contributed by atoms with van der Waals surface area (Å²) in [5.74, 6) is 0. The van der Waals surface area contributed by atoms with Crippen LogP contribution in [0.25, 0.3) is 0 Å². The van der Waals surface area contributed by atoms with Crippen molar-refractivity contribution in [2.45, 2.75) is 0 Å². The van der Waals surface area contributed by atoms with Gasteiger partial charge in [-0.3, -0.25) is 14.5 Å². The van der Waals surface area contributed by atoms with Crippen LogP contribution in [0.5, 0.6) is 0 Å². The van der Waals surface area contributed by atoms with Gasteiger partial charge in [0.05, 0.1) is 0 Å². The molecule has 0 aliphatic rings. The molecule has 0 bridgehead atoms. The molecule has 7 heavy (non-hydrogen) atoms. The van der Waals surface area contributed by atoms with Crippen molar-refractivity contribution in [1.29, 1.82) is 0 Å². The fraction of sp³-hybridized carbons (Fsp3) is 0. The Morgan fingerprint density at radius 1 is 1.29 bits per heavy atom. The van der Waals surface area contributed by atoms with Gasteiger partial charge in [0, 0.05) is 6.20 Å². The first-order valence-corrected chi connectivity index (χ1v) is 1.65. The number of amides is 2. The zero-order chi connectivity index (χ0) is 5.70. The molecule has 0 unspecified atom stereocenters. The molecular weight excluding hydrogens is 94.0 g/mol. The molecule has 0 rings (SSSR count). The van der Waals surface area contributed by atoms with Crippen molar-refractivity contribution in [3.05, 3.63) is 12.8 Å². The highest BCUT2D eigenvalue weighted by molar-refractivity contribution is 5.70. The molecular formula is C4H5NO2. The molecule has 0 aromatic heterocycles. The minimum atomic E-state index is 0.375. The molecule has 0 aliphatic carbocycles. The largest absolute Gasteiger partial charge is 0.278 e. The Bertz CT molecular complexity index is 70.7. The third-order valence-electron chi connectivity index (χ3n) is 0.454. The number of carbonyl (C=O) groups is 2. The fourth-order valence-corrected chi connectivity index (χ4v) is 0.111. The molecule has 3 heteroatoms. The minimum absolute atomic E-state index is 0.375. The van der Waals surface area contributed by atoms with E-state index in [1.165, 1.54) is 0 Å². The van der Waals surface area contributed by atoms with E-state index in [0.717, 1.165) is 11.1 Å². The van der Waals surface area contributed by atoms with Crippen LogP contribution in [0.15, 0.2) is 12.8 Å². The number of rotatable bonds is 3. The Labute approximate surface area is 41.2 Å². The molecule has 0 N–H and O–H groups in total. The summed E-state index contributed by atoms with van der Waals surface area (Å²) in [7, 11) is 0. The summed E-state index contributed by atoms with van der Waals surface area (Å²) >= 11 is 0. The van der Waals surface area contributed by atoms with Crippen molar-refractivity contribution in [1.82, 2.24) is 4.90 Å². The summed E-state index contributed by atoms with van der Waals surface area (Å²) in [5, 5.41) is 0. The summed E-state index contributed by atoms with van der Waals surface area (Å²) in [6, 6.07) is 0. The second-order valence-corrected chi connectivity index (χ2v) is 0.841. The normalized spacial score (nSPS) is 6.86. The molecule has 0 saturated carbocycles. The van der Waals surface area contributed by atoms with Crippen LogP contribution in [-0.4, -0.2) is 17.7 Å². The van der Waals surface area contributed by atoms with E-state index >= 15 is 0 Å². The second kappa shape index (κ2) is 3.08. The lowest BCUT2D eigenvalue weighted by molar-refractivity contribution is -0.126. The number of nitrogens with zero attached hydrogens (tertiary/aromatic N) is 1. The van der Waals surface area contributed by atoms with E-state index in [-0.39, 0.29) is 0 Å². The van der Waals surface area contributed by atoms with E-state index in [2.05, 4.69) is 6.58 Å². The molecule has 0 fully saturated rings. The molecule has 0 spiro atoms. The average Bonchev–Trinajstić information content (AvgIpc) is 1.72. The van der Waals surface area contributed by atoms with Crippen molar-refractivity contribution < 1.29 is 9.59 Å². The number of imide groups is 1. The maximum absolute atomic E-state index is 9.59. The van der Waals surface area contributed by atoms with Crippen LogP contribution in [0, 0.1) is 0 Å². The Morgan fingerprint density at radius 2 is 1.71 bits per heavy atom. The van der Waals surface area contributed by atoms with E-state index in [9.17, 15) is 9.59 Å². The molecule has 0 radical (unpaired) electrons. The van der Waals surface area contributed by atoms with Crippen LogP contribution in [0.2, 0.25) is 0 Å². The van der Waals surface area contributed by atoms with Crippen LogP contribution in [0.4, 0.5) is 0 Å². The SMILES string of the molecule is C=CN(C=O)C=O. The fourth-order valence-electron chi connectivity index (χ4n) is 0.111. The lowest BCUT2D eigenvalue weighted by Gasteiger charge is -1.94. The summed E-state index contributed by atoms with van der Waals surface area (Å²) < 4.78 is 0. The molecule has 0 heterocycles. The van der Waals surface area contributed by atoms with Crippen molar-refractivity contribution in [2.24, 2.45) is 0 Å². The van der Waals surface area contributed by atoms with E-state index in [1.807, 2.05) is 0 Å². The zero-order valence-corrected chi connectivity index (χ0v) is 3.70.